The smallest absolute Gasteiger partial charge is 0.348 e. The van der Waals surface area contributed by atoms with Gasteiger partial charge in [0.2, 0.25) is 0 Å². The van der Waals surface area contributed by atoms with Crippen molar-refractivity contribution in [2.75, 3.05) is 32.7 Å². The van der Waals surface area contributed by atoms with Crippen LogP contribution >= 0.6 is 23.7 Å². The monoisotopic (exact) mass is 380 g/mol. The Morgan fingerprint density at radius 3 is 2.40 bits per heavy atom. The minimum atomic E-state index is -0.208. The molecule has 1 aromatic carbocycles. The van der Waals surface area contributed by atoms with Gasteiger partial charge in [-0.25, -0.2) is 4.79 Å². The van der Waals surface area contributed by atoms with E-state index in [2.05, 4.69) is 40.1 Å². The van der Waals surface area contributed by atoms with E-state index in [4.69, 9.17) is 4.74 Å². The Hall–Kier alpha value is -1.40. The Bertz CT molecular complexity index is 628. The molecule has 0 N–H and O–H groups in total. The second kappa shape index (κ2) is 9.92. The molecule has 0 amide bonds. The van der Waals surface area contributed by atoms with Crippen molar-refractivity contribution in [2.24, 2.45) is 0 Å². The topological polar surface area (TPSA) is 32.8 Å². The number of hydrogen-bond acceptors (Lipinski definition) is 5. The average molecular weight is 381 g/mol. The predicted octanol–water partition coefficient (Wildman–Crippen LogP) is 3.53. The molecule has 1 unspecified atom stereocenters. The van der Waals surface area contributed by atoms with Crippen molar-refractivity contribution in [3.63, 3.8) is 0 Å². The normalized spacial score (nSPS) is 16.8. The van der Waals surface area contributed by atoms with E-state index in [9.17, 15) is 4.79 Å². The first-order valence-corrected chi connectivity index (χ1v) is 9.32. The molecule has 1 saturated heterocycles. The number of esters is 1. The highest BCUT2D eigenvalue weighted by molar-refractivity contribution is 7.11. The van der Waals surface area contributed by atoms with Crippen LogP contribution in [0.15, 0.2) is 47.8 Å². The Kier molecular flexibility index (Phi) is 7.90. The van der Waals surface area contributed by atoms with E-state index in [0.717, 1.165) is 39.3 Å². The van der Waals surface area contributed by atoms with Crippen LogP contribution in [0.4, 0.5) is 0 Å². The van der Waals surface area contributed by atoms with Gasteiger partial charge in [-0.3, -0.25) is 9.80 Å². The fourth-order valence-electron chi connectivity index (χ4n) is 3.01. The number of nitrogens with zero attached hydrogens (tertiary/aromatic N) is 2. The molecule has 1 aromatic heterocycles. The summed E-state index contributed by atoms with van der Waals surface area (Å²) in [5, 5.41) is 1.90. The van der Waals surface area contributed by atoms with Gasteiger partial charge in [0.25, 0.3) is 0 Å². The second-order valence-electron chi connectivity index (χ2n) is 6.26. The summed E-state index contributed by atoms with van der Waals surface area (Å²) in [6.07, 6.45) is -0.0831. The van der Waals surface area contributed by atoms with Gasteiger partial charge >= 0.3 is 5.97 Å². The van der Waals surface area contributed by atoms with E-state index >= 15 is 0 Å². The van der Waals surface area contributed by atoms with E-state index < -0.39 is 0 Å². The molecule has 1 atom stereocenters. The minimum Gasteiger partial charge on any atom is -0.457 e. The van der Waals surface area contributed by atoms with Crippen LogP contribution in [0.3, 0.4) is 0 Å². The SMILES string of the molecule is CC(CN1CCN(Cc2ccccc2)CC1)OC(=O)c1cccs1.Cl. The van der Waals surface area contributed by atoms with Crippen molar-refractivity contribution >= 4 is 29.7 Å². The molecule has 6 heteroatoms. The predicted molar refractivity (Wildman–Crippen MR) is 105 cm³/mol. The van der Waals surface area contributed by atoms with Crippen molar-refractivity contribution in [2.45, 2.75) is 19.6 Å². The maximum absolute atomic E-state index is 12.0. The summed E-state index contributed by atoms with van der Waals surface area (Å²) in [6.45, 7) is 7.94. The van der Waals surface area contributed by atoms with Crippen LogP contribution in [0.5, 0.6) is 0 Å². The van der Waals surface area contributed by atoms with Crippen molar-refractivity contribution in [3.8, 4) is 0 Å². The highest BCUT2D eigenvalue weighted by atomic mass is 35.5. The van der Waals surface area contributed by atoms with E-state index in [1.54, 1.807) is 0 Å². The van der Waals surface area contributed by atoms with Crippen LogP contribution < -0.4 is 0 Å². The summed E-state index contributed by atoms with van der Waals surface area (Å²) in [6, 6.07) is 14.3. The lowest BCUT2D eigenvalue weighted by Crippen LogP contribution is -2.48. The molecule has 25 heavy (non-hydrogen) atoms. The van der Waals surface area contributed by atoms with E-state index in [1.165, 1.54) is 16.9 Å². The number of ether oxygens (including phenoxy) is 1. The molecule has 1 aliphatic heterocycles. The van der Waals surface area contributed by atoms with Crippen molar-refractivity contribution in [3.05, 3.63) is 58.3 Å². The molecule has 0 spiro atoms. The molecule has 4 nitrogen and oxygen atoms in total. The van der Waals surface area contributed by atoms with E-state index in [1.807, 2.05) is 24.4 Å². The molecular weight excluding hydrogens is 356 g/mol. The number of piperazine rings is 1. The second-order valence-corrected chi connectivity index (χ2v) is 7.20. The number of hydrogen-bond donors (Lipinski definition) is 0. The van der Waals surface area contributed by atoms with Crippen LogP contribution in [-0.2, 0) is 11.3 Å². The molecule has 1 aliphatic rings. The summed E-state index contributed by atoms with van der Waals surface area (Å²) in [5.41, 5.74) is 1.36. The lowest BCUT2D eigenvalue weighted by atomic mass is 10.2. The quantitative estimate of drug-likeness (QED) is 0.718. The molecule has 2 aromatic rings. The molecule has 0 saturated carbocycles. The Labute approximate surface area is 159 Å². The number of rotatable bonds is 6. The van der Waals surface area contributed by atoms with E-state index in [0.29, 0.717) is 4.88 Å². The van der Waals surface area contributed by atoms with Crippen LogP contribution in [0.2, 0.25) is 0 Å². The summed E-state index contributed by atoms with van der Waals surface area (Å²) in [7, 11) is 0. The van der Waals surface area contributed by atoms with Gasteiger partial charge in [-0.2, -0.15) is 0 Å². The Morgan fingerprint density at radius 2 is 1.76 bits per heavy atom. The maximum atomic E-state index is 12.0. The number of benzene rings is 1. The maximum Gasteiger partial charge on any atom is 0.348 e. The third-order valence-corrected chi connectivity index (χ3v) is 5.11. The molecule has 0 bridgehead atoms. The van der Waals surface area contributed by atoms with Gasteiger partial charge in [0.05, 0.1) is 0 Å². The van der Waals surface area contributed by atoms with Crippen LogP contribution in [0.1, 0.15) is 22.2 Å². The lowest BCUT2D eigenvalue weighted by molar-refractivity contribution is 0.0196. The number of thiophene rings is 1. The third-order valence-electron chi connectivity index (χ3n) is 4.26. The molecule has 3 rings (SSSR count). The zero-order valence-electron chi connectivity index (χ0n) is 14.5. The Balaban J connectivity index is 0.00000225. The zero-order valence-corrected chi connectivity index (χ0v) is 16.1. The summed E-state index contributed by atoms with van der Waals surface area (Å²) >= 11 is 1.43. The number of halogens is 1. The van der Waals surface area contributed by atoms with Gasteiger partial charge in [-0.1, -0.05) is 36.4 Å². The first-order chi connectivity index (χ1) is 11.7. The largest absolute Gasteiger partial charge is 0.457 e. The molecular formula is C19H25ClN2O2S. The van der Waals surface area contributed by atoms with Crippen LogP contribution in [0, 0.1) is 0 Å². The first-order valence-electron chi connectivity index (χ1n) is 8.44. The number of carbonyl (C=O) groups excluding carboxylic acids is 1. The minimum absolute atomic E-state index is 0. The summed E-state index contributed by atoms with van der Waals surface area (Å²) in [5.74, 6) is -0.208. The van der Waals surface area contributed by atoms with Gasteiger partial charge < -0.3 is 4.74 Å². The van der Waals surface area contributed by atoms with E-state index in [-0.39, 0.29) is 24.5 Å². The lowest BCUT2D eigenvalue weighted by Gasteiger charge is -2.35. The van der Waals surface area contributed by atoms with Gasteiger partial charge in [-0.05, 0) is 23.9 Å². The fraction of sp³-hybridized carbons (Fsp3) is 0.421. The van der Waals surface area contributed by atoms with Crippen molar-refractivity contribution in [1.82, 2.24) is 9.80 Å². The Morgan fingerprint density at radius 1 is 1.08 bits per heavy atom. The van der Waals surface area contributed by atoms with Crippen molar-refractivity contribution in [1.29, 1.82) is 0 Å². The molecule has 0 aliphatic carbocycles. The fourth-order valence-corrected chi connectivity index (χ4v) is 3.61. The number of carbonyl (C=O) groups is 1. The van der Waals surface area contributed by atoms with Crippen LogP contribution in [0.25, 0.3) is 0 Å². The van der Waals surface area contributed by atoms with Crippen molar-refractivity contribution < 1.29 is 9.53 Å². The standard InChI is InChI=1S/C19H24N2O2S.ClH/c1-16(23-19(22)18-8-5-13-24-18)14-20-9-11-21(12-10-20)15-17-6-3-2-4-7-17;/h2-8,13,16H,9-12,14-15H2,1H3;1H. The average Bonchev–Trinajstić information content (AvgIpc) is 3.12. The van der Waals surface area contributed by atoms with Gasteiger partial charge in [-0.15, -0.1) is 23.7 Å². The van der Waals surface area contributed by atoms with Gasteiger partial charge in [0, 0.05) is 39.3 Å². The third kappa shape index (κ3) is 6.12. The molecule has 0 radical (unpaired) electrons. The molecule has 2 heterocycles. The highest BCUT2D eigenvalue weighted by Crippen LogP contribution is 2.13. The highest BCUT2D eigenvalue weighted by Gasteiger charge is 2.20. The van der Waals surface area contributed by atoms with Gasteiger partial charge in [0.15, 0.2) is 0 Å². The molecule has 136 valence electrons. The molecule has 1 fully saturated rings. The van der Waals surface area contributed by atoms with Crippen LogP contribution in [-0.4, -0.2) is 54.6 Å². The zero-order chi connectivity index (χ0) is 16.8. The summed E-state index contributed by atoms with van der Waals surface area (Å²) < 4.78 is 5.54. The summed E-state index contributed by atoms with van der Waals surface area (Å²) in [4.78, 5) is 17.5. The van der Waals surface area contributed by atoms with Gasteiger partial charge in [0.1, 0.15) is 11.0 Å². The first kappa shape index (κ1) is 19.9.